The van der Waals surface area contributed by atoms with Gasteiger partial charge in [-0.3, -0.25) is 9.89 Å². The fraction of sp³-hybridized carbons (Fsp3) is 0.333. The molecule has 0 saturated carbocycles. The lowest BCUT2D eigenvalue weighted by Crippen LogP contribution is -2.31. The summed E-state index contributed by atoms with van der Waals surface area (Å²) < 4.78 is 0. The highest BCUT2D eigenvalue weighted by atomic mass is 16.1. The van der Waals surface area contributed by atoms with Crippen LogP contribution in [0.4, 0.5) is 0 Å². The Balaban J connectivity index is 2.03. The zero-order valence-corrected chi connectivity index (χ0v) is 10.0. The van der Waals surface area contributed by atoms with Crippen LogP contribution in [0, 0.1) is 0 Å². The molecule has 0 fully saturated rings. The molecule has 90 valence electrons. The van der Waals surface area contributed by atoms with Crippen molar-refractivity contribution in [1.82, 2.24) is 20.4 Å². The Kier molecular flexibility index (Phi) is 3.39. The highest BCUT2D eigenvalue weighted by molar-refractivity contribution is 5.97. The minimum Gasteiger partial charge on any atom is -0.351 e. The van der Waals surface area contributed by atoms with Gasteiger partial charge in [0.1, 0.15) is 0 Å². The summed E-state index contributed by atoms with van der Waals surface area (Å²) >= 11 is 0. The third-order valence-electron chi connectivity index (χ3n) is 2.55. The minimum absolute atomic E-state index is 0.0463. The van der Waals surface area contributed by atoms with Gasteiger partial charge in [-0.25, -0.2) is 0 Å². The molecular formula is C12H16N4O. The summed E-state index contributed by atoms with van der Waals surface area (Å²) in [5, 5.41) is 10.6. The van der Waals surface area contributed by atoms with Gasteiger partial charge < -0.3 is 10.2 Å². The number of amides is 1. The standard InChI is InChI=1S/C12H16N4O/c1-16(2)6-5-13-12(17)9-3-4-11-10(7-9)8-14-15-11/h3-4,7-8H,5-6H2,1-2H3,(H,13,17)(H,14,15). The molecule has 17 heavy (non-hydrogen) atoms. The van der Waals surface area contributed by atoms with Gasteiger partial charge in [0.2, 0.25) is 0 Å². The number of H-pyrrole nitrogens is 1. The van der Waals surface area contributed by atoms with E-state index in [9.17, 15) is 4.79 Å². The zero-order valence-electron chi connectivity index (χ0n) is 10.0. The van der Waals surface area contributed by atoms with E-state index in [4.69, 9.17) is 0 Å². The summed E-state index contributed by atoms with van der Waals surface area (Å²) in [7, 11) is 3.95. The Hall–Kier alpha value is -1.88. The summed E-state index contributed by atoms with van der Waals surface area (Å²) in [5.74, 6) is -0.0463. The minimum atomic E-state index is -0.0463. The first kappa shape index (κ1) is 11.6. The van der Waals surface area contributed by atoms with E-state index in [2.05, 4.69) is 15.5 Å². The van der Waals surface area contributed by atoms with Gasteiger partial charge in [-0.05, 0) is 32.3 Å². The van der Waals surface area contributed by atoms with E-state index in [-0.39, 0.29) is 5.91 Å². The first-order valence-corrected chi connectivity index (χ1v) is 5.53. The molecule has 0 aliphatic heterocycles. The van der Waals surface area contributed by atoms with Crippen LogP contribution in [0.5, 0.6) is 0 Å². The molecule has 5 heteroatoms. The van der Waals surface area contributed by atoms with Crippen molar-refractivity contribution in [2.24, 2.45) is 0 Å². The van der Waals surface area contributed by atoms with Gasteiger partial charge in [-0.2, -0.15) is 5.10 Å². The number of aromatic amines is 1. The molecule has 2 aromatic rings. The molecule has 0 aliphatic carbocycles. The second kappa shape index (κ2) is 4.97. The van der Waals surface area contributed by atoms with E-state index in [1.807, 2.05) is 31.1 Å². The molecule has 5 nitrogen and oxygen atoms in total. The van der Waals surface area contributed by atoms with Crippen molar-refractivity contribution < 1.29 is 4.79 Å². The number of hydrogen-bond acceptors (Lipinski definition) is 3. The maximum atomic E-state index is 11.8. The van der Waals surface area contributed by atoms with E-state index in [0.717, 1.165) is 17.4 Å². The molecule has 0 bridgehead atoms. The predicted molar refractivity (Wildman–Crippen MR) is 67.0 cm³/mol. The van der Waals surface area contributed by atoms with Crippen molar-refractivity contribution in [3.63, 3.8) is 0 Å². The van der Waals surface area contributed by atoms with Gasteiger partial charge in [0.15, 0.2) is 0 Å². The van der Waals surface area contributed by atoms with Crippen LogP contribution in [-0.4, -0.2) is 48.2 Å². The monoisotopic (exact) mass is 232 g/mol. The van der Waals surface area contributed by atoms with Crippen molar-refractivity contribution in [2.45, 2.75) is 0 Å². The lowest BCUT2D eigenvalue weighted by atomic mass is 10.1. The number of fused-ring (bicyclic) bond motifs is 1. The highest BCUT2D eigenvalue weighted by Crippen LogP contribution is 2.12. The third-order valence-corrected chi connectivity index (χ3v) is 2.55. The second-order valence-electron chi connectivity index (χ2n) is 4.23. The average molecular weight is 232 g/mol. The Morgan fingerprint density at radius 2 is 2.29 bits per heavy atom. The number of carbonyl (C=O) groups excluding carboxylic acids is 1. The number of aromatic nitrogens is 2. The van der Waals surface area contributed by atoms with Crippen molar-refractivity contribution in [1.29, 1.82) is 0 Å². The van der Waals surface area contributed by atoms with Crippen molar-refractivity contribution in [3.8, 4) is 0 Å². The lowest BCUT2D eigenvalue weighted by molar-refractivity contribution is 0.0951. The largest absolute Gasteiger partial charge is 0.351 e. The van der Waals surface area contributed by atoms with Gasteiger partial charge in [0, 0.05) is 24.0 Å². The van der Waals surface area contributed by atoms with Crippen LogP contribution in [0.2, 0.25) is 0 Å². The summed E-state index contributed by atoms with van der Waals surface area (Å²) in [6, 6.07) is 5.50. The molecule has 1 heterocycles. The molecule has 0 spiro atoms. The first-order chi connectivity index (χ1) is 8.16. The van der Waals surface area contributed by atoms with Gasteiger partial charge >= 0.3 is 0 Å². The summed E-state index contributed by atoms with van der Waals surface area (Å²) in [5.41, 5.74) is 1.60. The van der Waals surface area contributed by atoms with Crippen LogP contribution in [0.3, 0.4) is 0 Å². The molecule has 1 aromatic carbocycles. The Morgan fingerprint density at radius 3 is 3.06 bits per heavy atom. The maximum Gasteiger partial charge on any atom is 0.251 e. The first-order valence-electron chi connectivity index (χ1n) is 5.53. The number of rotatable bonds is 4. The van der Waals surface area contributed by atoms with E-state index < -0.39 is 0 Å². The lowest BCUT2D eigenvalue weighted by Gasteiger charge is -2.10. The highest BCUT2D eigenvalue weighted by Gasteiger charge is 2.06. The maximum absolute atomic E-state index is 11.8. The molecule has 2 N–H and O–H groups in total. The zero-order chi connectivity index (χ0) is 12.3. The third kappa shape index (κ3) is 2.82. The molecule has 0 radical (unpaired) electrons. The molecular weight excluding hydrogens is 216 g/mol. The number of likely N-dealkylation sites (N-methyl/N-ethyl adjacent to an activating group) is 1. The van der Waals surface area contributed by atoms with E-state index in [1.54, 1.807) is 12.3 Å². The molecule has 1 aromatic heterocycles. The Bertz CT molecular complexity index is 518. The van der Waals surface area contributed by atoms with Crippen LogP contribution >= 0.6 is 0 Å². The normalized spacial score (nSPS) is 11.0. The smallest absolute Gasteiger partial charge is 0.251 e. The number of carbonyl (C=O) groups is 1. The van der Waals surface area contributed by atoms with E-state index in [0.29, 0.717) is 12.1 Å². The van der Waals surface area contributed by atoms with Crippen molar-refractivity contribution >= 4 is 16.8 Å². The summed E-state index contributed by atoms with van der Waals surface area (Å²) in [6.45, 7) is 1.48. The van der Waals surface area contributed by atoms with Crippen molar-refractivity contribution in [2.75, 3.05) is 27.2 Å². The van der Waals surface area contributed by atoms with Gasteiger partial charge in [-0.1, -0.05) is 0 Å². The molecule has 0 atom stereocenters. The number of hydrogen-bond donors (Lipinski definition) is 2. The molecule has 1 amide bonds. The number of nitrogens with one attached hydrogen (secondary N) is 2. The van der Waals surface area contributed by atoms with Crippen LogP contribution < -0.4 is 5.32 Å². The number of benzene rings is 1. The van der Waals surface area contributed by atoms with Crippen LogP contribution in [-0.2, 0) is 0 Å². The average Bonchev–Trinajstić information content (AvgIpc) is 2.75. The van der Waals surface area contributed by atoms with Crippen LogP contribution in [0.15, 0.2) is 24.4 Å². The van der Waals surface area contributed by atoms with Crippen LogP contribution in [0.25, 0.3) is 10.9 Å². The fourth-order valence-corrected chi connectivity index (χ4v) is 1.58. The summed E-state index contributed by atoms with van der Waals surface area (Å²) in [4.78, 5) is 13.9. The van der Waals surface area contributed by atoms with E-state index >= 15 is 0 Å². The molecule has 2 rings (SSSR count). The molecule has 0 saturated heterocycles. The number of nitrogens with zero attached hydrogens (tertiary/aromatic N) is 2. The molecule has 0 aliphatic rings. The topological polar surface area (TPSA) is 61.0 Å². The summed E-state index contributed by atoms with van der Waals surface area (Å²) in [6.07, 6.45) is 1.71. The molecule has 0 unspecified atom stereocenters. The Labute approximate surface area is 99.8 Å². The quantitative estimate of drug-likeness (QED) is 0.821. The SMILES string of the molecule is CN(C)CCNC(=O)c1ccc2[nH]ncc2c1. The Morgan fingerprint density at radius 1 is 1.47 bits per heavy atom. The van der Waals surface area contributed by atoms with Crippen LogP contribution in [0.1, 0.15) is 10.4 Å². The van der Waals surface area contributed by atoms with E-state index in [1.165, 1.54) is 0 Å². The van der Waals surface area contributed by atoms with Gasteiger partial charge in [0.05, 0.1) is 11.7 Å². The second-order valence-corrected chi connectivity index (χ2v) is 4.23. The van der Waals surface area contributed by atoms with Gasteiger partial charge in [0.25, 0.3) is 5.91 Å². The van der Waals surface area contributed by atoms with Gasteiger partial charge in [-0.15, -0.1) is 0 Å². The predicted octanol–water partition coefficient (Wildman–Crippen LogP) is 0.854. The fourth-order valence-electron chi connectivity index (χ4n) is 1.58. The van der Waals surface area contributed by atoms with Crippen molar-refractivity contribution in [3.05, 3.63) is 30.0 Å².